The molecule has 0 spiro atoms. The van der Waals surface area contributed by atoms with Gasteiger partial charge in [0.1, 0.15) is 0 Å². The average Bonchev–Trinajstić information content (AvgIpc) is 3.08. The fourth-order valence-electron chi connectivity index (χ4n) is 5.33. The largest absolute Gasteiger partial charge is 0.342 e. The van der Waals surface area contributed by atoms with Gasteiger partial charge in [-0.2, -0.15) is 0 Å². The van der Waals surface area contributed by atoms with Crippen LogP contribution in [0.1, 0.15) is 53.7 Å². The van der Waals surface area contributed by atoms with Crippen LogP contribution in [-0.2, 0) is 17.6 Å². The second-order valence-electron chi connectivity index (χ2n) is 9.15. The molecule has 6 nitrogen and oxygen atoms in total. The second kappa shape index (κ2) is 8.95. The Bertz CT molecular complexity index is 973. The summed E-state index contributed by atoms with van der Waals surface area (Å²) in [6, 6.07) is 8.03. The molecule has 2 fully saturated rings. The monoisotopic (exact) mass is 420 g/mol. The third kappa shape index (κ3) is 4.18. The summed E-state index contributed by atoms with van der Waals surface area (Å²) in [4.78, 5) is 37.4. The number of hydrogen-bond acceptors (Lipinski definition) is 4. The first-order chi connectivity index (χ1) is 15.2. The number of nitrogens with zero attached hydrogens (tertiary/aromatic N) is 4. The number of fused-ring (bicyclic) bond motifs is 2. The average molecular weight is 421 g/mol. The number of para-hydroxylation sites is 1. The van der Waals surface area contributed by atoms with Crippen molar-refractivity contribution < 1.29 is 9.59 Å². The van der Waals surface area contributed by atoms with Crippen LogP contribution in [0.25, 0.3) is 10.9 Å². The number of rotatable bonds is 3. The van der Waals surface area contributed by atoms with Crippen LogP contribution in [0.5, 0.6) is 0 Å². The summed E-state index contributed by atoms with van der Waals surface area (Å²) in [5.74, 6) is 0.384. The van der Waals surface area contributed by atoms with Gasteiger partial charge < -0.3 is 9.80 Å². The van der Waals surface area contributed by atoms with Gasteiger partial charge in [0.2, 0.25) is 5.91 Å². The van der Waals surface area contributed by atoms with Crippen molar-refractivity contribution in [3.05, 3.63) is 41.1 Å². The molecule has 164 valence electrons. The SMILES string of the molecule is O=C(CN1CCN(C(=O)c2c3c(nc4ccccc24)CCC3)CC1)N1CCCCCC1. The van der Waals surface area contributed by atoms with Gasteiger partial charge in [-0.1, -0.05) is 31.0 Å². The lowest BCUT2D eigenvalue weighted by Gasteiger charge is -2.35. The normalized spacial score (nSPS) is 20.0. The molecular weight excluding hydrogens is 388 g/mol. The number of pyridine rings is 1. The van der Waals surface area contributed by atoms with Gasteiger partial charge in [0, 0.05) is 50.3 Å². The number of benzene rings is 1. The minimum absolute atomic E-state index is 0.134. The highest BCUT2D eigenvalue weighted by molar-refractivity contribution is 6.07. The molecule has 0 radical (unpaired) electrons. The smallest absolute Gasteiger partial charge is 0.254 e. The molecule has 1 aliphatic carbocycles. The molecule has 3 heterocycles. The van der Waals surface area contributed by atoms with Crippen molar-refractivity contribution in [3.8, 4) is 0 Å². The van der Waals surface area contributed by atoms with E-state index in [2.05, 4.69) is 4.90 Å². The molecule has 2 amide bonds. The number of hydrogen-bond donors (Lipinski definition) is 0. The first-order valence-electron chi connectivity index (χ1n) is 11.9. The molecule has 0 N–H and O–H groups in total. The molecule has 6 heteroatoms. The van der Waals surface area contributed by atoms with Crippen LogP contribution in [-0.4, -0.2) is 77.3 Å². The van der Waals surface area contributed by atoms with E-state index >= 15 is 0 Å². The summed E-state index contributed by atoms with van der Waals surface area (Å²) in [5.41, 5.74) is 4.05. The lowest BCUT2D eigenvalue weighted by atomic mass is 9.99. The van der Waals surface area contributed by atoms with E-state index in [-0.39, 0.29) is 11.8 Å². The predicted octanol–water partition coefficient (Wildman–Crippen LogP) is 2.88. The zero-order valence-corrected chi connectivity index (χ0v) is 18.3. The van der Waals surface area contributed by atoms with Gasteiger partial charge in [-0.3, -0.25) is 19.5 Å². The highest BCUT2D eigenvalue weighted by Crippen LogP contribution is 2.31. The number of likely N-dealkylation sites (tertiary alicyclic amines) is 1. The standard InChI is InChI=1S/C25H32N4O2/c30-23(28-12-5-1-2-6-13-28)18-27-14-16-29(17-15-27)25(31)24-19-8-3-4-10-21(19)26-22-11-7-9-20(22)24/h3-4,8,10H,1-2,5-7,9,11-18H2. The number of carbonyl (C=O) groups excluding carboxylic acids is 2. The van der Waals surface area contributed by atoms with E-state index in [4.69, 9.17) is 4.98 Å². The summed E-state index contributed by atoms with van der Waals surface area (Å²) in [6.07, 6.45) is 7.70. The van der Waals surface area contributed by atoms with Crippen LogP contribution in [0.15, 0.2) is 24.3 Å². The first-order valence-corrected chi connectivity index (χ1v) is 11.9. The van der Waals surface area contributed by atoms with Crippen LogP contribution in [0.3, 0.4) is 0 Å². The van der Waals surface area contributed by atoms with Gasteiger partial charge in [0.05, 0.1) is 17.6 Å². The Balaban J connectivity index is 1.26. The summed E-state index contributed by atoms with van der Waals surface area (Å²) >= 11 is 0. The molecule has 0 atom stereocenters. The lowest BCUT2D eigenvalue weighted by Crippen LogP contribution is -2.51. The molecule has 2 aromatic rings. The van der Waals surface area contributed by atoms with Gasteiger partial charge in [0.25, 0.3) is 5.91 Å². The second-order valence-corrected chi connectivity index (χ2v) is 9.15. The summed E-state index contributed by atoms with van der Waals surface area (Å²) in [5, 5.41) is 0.979. The van der Waals surface area contributed by atoms with E-state index < -0.39 is 0 Å². The predicted molar refractivity (Wildman–Crippen MR) is 121 cm³/mol. The molecule has 3 aliphatic rings. The molecule has 1 aromatic heterocycles. The number of aryl methyl sites for hydroxylation is 1. The first kappa shape index (κ1) is 20.4. The van der Waals surface area contributed by atoms with E-state index in [0.29, 0.717) is 19.6 Å². The molecule has 1 aromatic carbocycles. The van der Waals surface area contributed by atoms with Gasteiger partial charge >= 0.3 is 0 Å². The van der Waals surface area contributed by atoms with Crippen LogP contribution < -0.4 is 0 Å². The minimum atomic E-state index is 0.134. The van der Waals surface area contributed by atoms with E-state index in [1.54, 1.807) is 0 Å². The maximum absolute atomic E-state index is 13.6. The lowest BCUT2D eigenvalue weighted by molar-refractivity contribution is -0.132. The van der Waals surface area contributed by atoms with Crippen molar-refractivity contribution in [3.63, 3.8) is 0 Å². The number of amides is 2. The molecule has 0 bridgehead atoms. The Labute approximate surface area is 184 Å². The van der Waals surface area contributed by atoms with E-state index in [1.165, 1.54) is 12.8 Å². The third-order valence-electron chi connectivity index (χ3n) is 7.11. The van der Waals surface area contributed by atoms with E-state index in [1.807, 2.05) is 34.1 Å². The minimum Gasteiger partial charge on any atom is -0.342 e. The Morgan fingerprint density at radius 3 is 2.32 bits per heavy atom. The summed E-state index contributed by atoms with van der Waals surface area (Å²) < 4.78 is 0. The number of carbonyl (C=O) groups is 2. The maximum Gasteiger partial charge on any atom is 0.254 e. The summed E-state index contributed by atoms with van der Waals surface area (Å²) in [6.45, 7) is 5.16. The molecule has 31 heavy (non-hydrogen) atoms. The Hall–Kier alpha value is -2.47. The molecular formula is C25H32N4O2. The molecule has 2 aliphatic heterocycles. The summed E-state index contributed by atoms with van der Waals surface area (Å²) in [7, 11) is 0. The van der Waals surface area contributed by atoms with Gasteiger partial charge in [0.15, 0.2) is 0 Å². The van der Waals surface area contributed by atoms with E-state index in [0.717, 1.165) is 86.0 Å². The van der Waals surface area contributed by atoms with Crippen LogP contribution >= 0.6 is 0 Å². The topological polar surface area (TPSA) is 56.8 Å². The van der Waals surface area contributed by atoms with Crippen molar-refractivity contribution in [2.75, 3.05) is 45.8 Å². The maximum atomic E-state index is 13.6. The molecule has 0 unspecified atom stereocenters. The fourth-order valence-corrected chi connectivity index (χ4v) is 5.33. The van der Waals surface area contributed by atoms with Crippen LogP contribution in [0.2, 0.25) is 0 Å². The Kier molecular flexibility index (Phi) is 5.90. The number of piperazine rings is 1. The van der Waals surface area contributed by atoms with Crippen molar-refractivity contribution >= 4 is 22.7 Å². The van der Waals surface area contributed by atoms with Crippen molar-refractivity contribution in [1.82, 2.24) is 19.7 Å². The molecule has 0 saturated carbocycles. The van der Waals surface area contributed by atoms with Crippen molar-refractivity contribution in [2.45, 2.75) is 44.9 Å². The molecule has 5 rings (SSSR count). The molecule has 2 saturated heterocycles. The van der Waals surface area contributed by atoms with Gasteiger partial charge in [-0.15, -0.1) is 0 Å². The Morgan fingerprint density at radius 1 is 0.806 bits per heavy atom. The van der Waals surface area contributed by atoms with Gasteiger partial charge in [-0.05, 0) is 43.7 Å². The quantitative estimate of drug-likeness (QED) is 0.766. The van der Waals surface area contributed by atoms with Crippen LogP contribution in [0.4, 0.5) is 0 Å². The van der Waals surface area contributed by atoms with Crippen molar-refractivity contribution in [2.24, 2.45) is 0 Å². The van der Waals surface area contributed by atoms with Crippen LogP contribution in [0, 0.1) is 0 Å². The van der Waals surface area contributed by atoms with Crippen molar-refractivity contribution in [1.29, 1.82) is 0 Å². The fraction of sp³-hybridized carbons (Fsp3) is 0.560. The Morgan fingerprint density at radius 2 is 1.55 bits per heavy atom. The zero-order valence-electron chi connectivity index (χ0n) is 18.3. The van der Waals surface area contributed by atoms with Gasteiger partial charge in [-0.25, -0.2) is 0 Å². The highest BCUT2D eigenvalue weighted by Gasteiger charge is 2.29. The number of aromatic nitrogens is 1. The zero-order chi connectivity index (χ0) is 21.2. The third-order valence-corrected chi connectivity index (χ3v) is 7.11. The highest BCUT2D eigenvalue weighted by atomic mass is 16.2. The van der Waals surface area contributed by atoms with E-state index in [9.17, 15) is 9.59 Å².